The van der Waals surface area contributed by atoms with Gasteiger partial charge in [0.1, 0.15) is 11.5 Å². The zero-order valence-electron chi connectivity index (χ0n) is 9.31. The van der Waals surface area contributed by atoms with Crippen LogP contribution in [0, 0.1) is 0 Å². The minimum absolute atomic E-state index is 0.0668. The Balaban J connectivity index is 3.32. The second kappa shape index (κ2) is 5.92. The first-order valence-electron chi connectivity index (χ1n) is 4.52. The molecule has 0 aliphatic rings. The van der Waals surface area contributed by atoms with E-state index in [1.165, 1.54) is 26.4 Å². The summed E-state index contributed by atoms with van der Waals surface area (Å²) in [5, 5.41) is 0. The molecule has 0 radical (unpaired) electrons. The molecule has 0 heterocycles. The topological polar surface area (TPSA) is 30.8 Å². The molecule has 0 saturated heterocycles. The van der Waals surface area contributed by atoms with Crippen LogP contribution in [0.15, 0.2) is 21.6 Å². The van der Waals surface area contributed by atoms with E-state index in [0.717, 1.165) is 0 Å². The van der Waals surface area contributed by atoms with Crippen molar-refractivity contribution in [1.29, 1.82) is 0 Å². The van der Waals surface area contributed by atoms with Crippen molar-refractivity contribution in [2.24, 2.45) is 4.99 Å². The minimum Gasteiger partial charge on any atom is -0.497 e. The molecule has 0 aliphatic carbocycles. The maximum atomic E-state index is 13.1. The molecule has 0 N–H and O–H groups in total. The summed E-state index contributed by atoms with van der Waals surface area (Å²) in [6.45, 7) is 0. The largest absolute Gasteiger partial charge is 0.497 e. The van der Waals surface area contributed by atoms with Crippen molar-refractivity contribution in [1.82, 2.24) is 0 Å². The fourth-order valence-electron chi connectivity index (χ4n) is 1.08. The fourth-order valence-corrected chi connectivity index (χ4v) is 1.64. The average Bonchev–Trinajstić information content (AvgIpc) is 2.30. The fraction of sp³-hybridized carbons (Fsp3) is 0.300. The maximum absolute atomic E-state index is 13.1. The van der Waals surface area contributed by atoms with Gasteiger partial charge in [-0.15, -0.1) is 0 Å². The minimum atomic E-state index is -3.82. The molecule has 0 aliphatic heterocycles. The lowest BCUT2D eigenvalue weighted by molar-refractivity contribution is 0.180. The summed E-state index contributed by atoms with van der Waals surface area (Å²) in [7, 11) is 2.76. The van der Waals surface area contributed by atoms with Gasteiger partial charge in [0.15, 0.2) is 0 Å². The number of ether oxygens (including phenoxy) is 2. The van der Waals surface area contributed by atoms with E-state index in [9.17, 15) is 13.2 Å². The van der Waals surface area contributed by atoms with Crippen molar-refractivity contribution in [3.63, 3.8) is 0 Å². The SMILES string of the molecule is COc1cc(N=C(F)C(F)(F)Br)c(Br)c(OC)c1. The van der Waals surface area contributed by atoms with Crippen LogP contribution in [0.25, 0.3) is 0 Å². The van der Waals surface area contributed by atoms with E-state index in [1.54, 1.807) is 0 Å². The Morgan fingerprint density at radius 3 is 2.33 bits per heavy atom. The molecule has 3 nitrogen and oxygen atoms in total. The maximum Gasteiger partial charge on any atom is 0.369 e. The first kappa shape index (κ1) is 15.3. The Labute approximate surface area is 118 Å². The summed E-state index contributed by atoms with van der Waals surface area (Å²) < 4.78 is 48.5. The molecule has 8 heteroatoms. The van der Waals surface area contributed by atoms with Gasteiger partial charge >= 0.3 is 4.83 Å². The third-order valence-corrected chi connectivity index (χ3v) is 3.03. The number of nitrogens with zero attached hydrogens (tertiary/aromatic N) is 1. The Morgan fingerprint density at radius 1 is 1.28 bits per heavy atom. The Morgan fingerprint density at radius 2 is 1.89 bits per heavy atom. The number of halogens is 5. The second-order valence-electron chi connectivity index (χ2n) is 3.06. The van der Waals surface area contributed by atoms with Gasteiger partial charge in [-0.3, -0.25) is 0 Å². The Bertz CT molecular complexity index is 475. The smallest absolute Gasteiger partial charge is 0.369 e. The molecule has 0 bridgehead atoms. The Kier molecular flexibility index (Phi) is 5.03. The molecule has 0 fully saturated rings. The normalized spacial score (nSPS) is 12.5. The van der Waals surface area contributed by atoms with Gasteiger partial charge in [0.2, 0.25) is 0 Å². The number of hydrogen-bond donors (Lipinski definition) is 0. The highest BCUT2D eigenvalue weighted by molar-refractivity contribution is 9.10. The third-order valence-electron chi connectivity index (χ3n) is 1.90. The highest BCUT2D eigenvalue weighted by Crippen LogP contribution is 2.39. The van der Waals surface area contributed by atoms with Crippen molar-refractivity contribution < 1.29 is 22.6 Å². The monoisotopic (exact) mass is 389 g/mol. The predicted octanol–water partition coefficient (Wildman–Crippen LogP) is 4.45. The molecule has 0 amide bonds. The summed E-state index contributed by atoms with van der Waals surface area (Å²) in [4.78, 5) is -0.623. The number of aliphatic imine (C=N–C) groups is 1. The molecule has 0 atom stereocenters. The van der Waals surface area contributed by atoms with Gasteiger partial charge in [0.25, 0.3) is 5.97 Å². The quantitative estimate of drug-likeness (QED) is 0.561. The van der Waals surface area contributed by atoms with Crippen LogP contribution in [-0.4, -0.2) is 25.0 Å². The van der Waals surface area contributed by atoms with Gasteiger partial charge in [0.05, 0.1) is 24.4 Å². The van der Waals surface area contributed by atoms with Crippen LogP contribution in [-0.2, 0) is 0 Å². The molecule has 1 aromatic carbocycles. The van der Waals surface area contributed by atoms with Gasteiger partial charge < -0.3 is 9.47 Å². The second-order valence-corrected chi connectivity index (χ2v) is 4.85. The van der Waals surface area contributed by atoms with Crippen molar-refractivity contribution in [3.8, 4) is 11.5 Å². The number of hydrogen-bond acceptors (Lipinski definition) is 3. The van der Waals surface area contributed by atoms with Crippen LogP contribution in [0.3, 0.4) is 0 Å². The van der Waals surface area contributed by atoms with E-state index in [2.05, 4.69) is 20.9 Å². The molecule has 0 saturated carbocycles. The zero-order chi connectivity index (χ0) is 13.9. The molecular formula is C10H8Br2F3NO2. The lowest BCUT2D eigenvalue weighted by Crippen LogP contribution is -2.15. The van der Waals surface area contributed by atoms with Crippen LogP contribution in [0.4, 0.5) is 18.9 Å². The molecule has 1 rings (SSSR count). The van der Waals surface area contributed by atoms with Crippen molar-refractivity contribution in [2.45, 2.75) is 4.83 Å². The summed E-state index contributed by atoms with van der Waals surface area (Å²) in [6, 6.07) is 2.80. The van der Waals surface area contributed by atoms with E-state index < -0.39 is 10.8 Å². The van der Waals surface area contributed by atoms with E-state index in [4.69, 9.17) is 9.47 Å². The summed E-state index contributed by atoms with van der Waals surface area (Å²) >= 11 is 4.97. The summed E-state index contributed by atoms with van der Waals surface area (Å²) in [6.07, 6.45) is 0. The molecule has 1 aromatic rings. The first-order chi connectivity index (χ1) is 8.29. The van der Waals surface area contributed by atoms with Crippen molar-refractivity contribution in [2.75, 3.05) is 14.2 Å². The molecule has 0 spiro atoms. The first-order valence-corrected chi connectivity index (χ1v) is 6.11. The summed E-state index contributed by atoms with van der Waals surface area (Å²) in [5.74, 6) is -1.27. The van der Waals surface area contributed by atoms with E-state index in [0.29, 0.717) is 11.5 Å². The molecule has 18 heavy (non-hydrogen) atoms. The average molecular weight is 391 g/mol. The van der Waals surface area contributed by atoms with Gasteiger partial charge in [-0.05, 0) is 15.9 Å². The van der Waals surface area contributed by atoms with E-state index in [-0.39, 0.29) is 10.2 Å². The lowest BCUT2D eigenvalue weighted by Gasteiger charge is -2.10. The van der Waals surface area contributed by atoms with Gasteiger partial charge in [-0.25, -0.2) is 4.99 Å². The predicted molar refractivity (Wildman–Crippen MR) is 69.3 cm³/mol. The van der Waals surface area contributed by atoms with E-state index in [1.807, 2.05) is 15.9 Å². The molecular weight excluding hydrogens is 383 g/mol. The van der Waals surface area contributed by atoms with Gasteiger partial charge in [-0.2, -0.15) is 13.2 Å². The van der Waals surface area contributed by atoms with Crippen molar-refractivity contribution in [3.05, 3.63) is 16.6 Å². The lowest BCUT2D eigenvalue weighted by atomic mass is 10.3. The Hall–Kier alpha value is -0.760. The summed E-state index contributed by atoms with van der Waals surface area (Å²) in [5.41, 5.74) is -0.0668. The number of rotatable bonds is 4. The van der Waals surface area contributed by atoms with Crippen LogP contribution in [0.2, 0.25) is 0 Å². The third kappa shape index (κ3) is 3.61. The van der Waals surface area contributed by atoms with Crippen LogP contribution >= 0.6 is 31.9 Å². The van der Waals surface area contributed by atoms with Crippen LogP contribution < -0.4 is 9.47 Å². The molecule has 0 aromatic heterocycles. The number of alkyl halides is 3. The highest BCUT2D eigenvalue weighted by Gasteiger charge is 2.33. The zero-order valence-corrected chi connectivity index (χ0v) is 12.5. The number of benzene rings is 1. The van der Waals surface area contributed by atoms with Gasteiger partial charge in [0, 0.05) is 28.1 Å². The highest BCUT2D eigenvalue weighted by atomic mass is 79.9. The standard InChI is InChI=1S/C10H8Br2F3NO2/c1-17-5-3-6(8(11)7(4-5)18-2)16-9(13)10(12,14)15/h3-4H,1-2H3. The molecule has 0 unspecified atom stereocenters. The van der Waals surface area contributed by atoms with Gasteiger partial charge in [-0.1, -0.05) is 0 Å². The van der Waals surface area contributed by atoms with E-state index >= 15 is 0 Å². The van der Waals surface area contributed by atoms with Crippen LogP contribution in [0.1, 0.15) is 0 Å². The van der Waals surface area contributed by atoms with Crippen LogP contribution in [0.5, 0.6) is 11.5 Å². The van der Waals surface area contributed by atoms with Crippen molar-refractivity contribution >= 4 is 43.5 Å². The molecule has 100 valence electrons. The number of methoxy groups -OCH3 is 2.